The van der Waals surface area contributed by atoms with E-state index >= 15 is 0 Å². The Labute approximate surface area is 90.3 Å². The van der Waals surface area contributed by atoms with Crippen molar-refractivity contribution in [2.75, 3.05) is 0 Å². The molecular weight excluding hydrogens is 190 g/mol. The second kappa shape index (κ2) is 4.21. The number of rotatable bonds is 2. The third-order valence-corrected chi connectivity index (χ3v) is 3.93. The van der Waals surface area contributed by atoms with Crippen LogP contribution in [0.2, 0.25) is 0 Å². The molecule has 3 aliphatic rings. The fourth-order valence-electron chi connectivity index (χ4n) is 3.12. The van der Waals surface area contributed by atoms with Crippen LogP contribution in [0.5, 0.6) is 0 Å². The Bertz CT molecular complexity index is 280. The van der Waals surface area contributed by atoms with E-state index in [1.54, 1.807) is 0 Å². The van der Waals surface area contributed by atoms with Gasteiger partial charge >= 0.3 is 6.03 Å². The minimum Gasteiger partial charge on any atom is -0.350 e. The number of nitrogens with one attached hydrogen (secondary N) is 1. The van der Waals surface area contributed by atoms with E-state index < -0.39 is 6.03 Å². The van der Waals surface area contributed by atoms with Gasteiger partial charge in [-0.2, -0.15) is 5.10 Å². The molecular formula is C11H19N3O. The molecule has 3 aliphatic carbocycles. The molecule has 4 nitrogen and oxygen atoms in total. The predicted molar refractivity (Wildman–Crippen MR) is 59.4 cm³/mol. The number of amides is 2. The molecule has 0 spiro atoms. The van der Waals surface area contributed by atoms with Gasteiger partial charge in [0.05, 0.1) is 0 Å². The maximum atomic E-state index is 10.6. The highest BCUT2D eigenvalue weighted by molar-refractivity contribution is 5.86. The van der Waals surface area contributed by atoms with Crippen molar-refractivity contribution in [2.24, 2.45) is 28.6 Å². The van der Waals surface area contributed by atoms with Crippen molar-refractivity contribution >= 4 is 11.7 Å². The third kappa shape index (κ3) is 2.30. The Hall–Kier alpha value is -1.06. The molecule has 4 heteroatoms. The van der Waals surface area contributed by atoms with Crippen molar-refractivity contribution in [3.63, 3.8) is 0 Å². The Balaban J connectivity index is 1.98. The van der Waals surface area contributed by atoms with Crippen LogP contribution >= 0.6 is 0 Å². The Morgan fingerprint density at radius 1 is 1.33 bits per heavy atom. The zero-order chi connectivity index (χ0) is 10.8. The predicted octanol–water partition coefficient (Wildman–Crippen LogP) is 1.86. The van der Waals surface area contributed by atoms with Gasteiger partial charge < -0.3 is 5.73 Å². The van der Waals surface area contributed by atoms with E-state index in [1.807, 2.05) is 6.92 Å². The van der Waals surface area contributed by atoms with Crippen molar-refractivity contribution in [1.29, 1.82) is 0 Å². The minimum absolute atomic E-state index is 0.573. The average molecular weight is 209 g/mol. The Morgan fingerprint density at radius 3 is 2.47 bits per heavy atom. The highest BCUT2D eigenvalue weighted by atomic mass is 16.2. The normalized spacial score (nSPS) is 35.3. The van der Waals surface area contributed by atoms with Crippen molar-refractivity contribution in [3.8, 4) is 0 Å². The first-order valence-electron chi connectivity index (χ1n) is 5.76. The summed E-state index contributed by atoms with van der Waals surface area (Å²) in [5, 5.41) is 4.06. The summed E-state index contributed by atoms with van der Waals surface area (Å²) in [4.78, 5) is 10.6. The maximum absolute atomic E-state index is 10.6. The summed E-state index contributed by atoms with van der Waals surface area (Å²) in [6.07, 6.45) is 6.69. The van der Waals surface area contributed by atoms with Gasteiger partial charge in [0.25, 0.3) is 0 Å². The molecule has 3 saturated carbocycles. The number of hydrogen-bond donors (Lipinski definition) is 2. The third-order valence-electron chi connectivity index (χ3n) is 3.93. The SMILES string of the molecule is CC(=NNC(N)=O)C1CC2CCC1CC2. The Morgan fingerprint density at radius 2 is 2.00 bits per heavy atom. The quantitative estimate of drug-likeness (QED) is 0.529. The Kier molecular flexibility index (Phi) is 2.93. The lowest BCUT2D eigenvalue weighted by molar-refractivity contribution is 0.138. The van der Waals surface area contributed by atoms with Crippen molar-refractivity contribution in [1.82, 2.24) is 5.43 Å². The van der Waals surface area contributed by atoms with Crippen LogP contribution in [0.15, 0.2) is 5.10 Å². The van der Waals surface area contributed by atoms with Crippen LogP contribution in [0.3, 0.4) is 0 Å². The number of carbonyl (C=O) groups is 1. The fraction of sp³-hybridized carbons (Fsp3) is 0.818. The molecule has 84 valence electrons. The molecule has 1 atom stereocenters. The van der Waals surface area contributed by atoms with Gasteiger partial charge in [0.1, 0.15) is 0 Å². The van der Waals surface area contributed by atoms with Crippen LogP contribution in [-0.4, -0.2) is 11.7 Å². The molecule has 0 aliphatic heterocycles. The van der Waals surface area contributed by atoms with Crippen molar-refractivity contribution in [2.45, 2.75) is 39.0 Å². The molecule has 2 amide bonds. The smallest absolute Gasteiger partial charge is 0.332 e. The van der Waals surface area contributed by atoms with Gasteiger partial charge in [-0.3, -0.25) is 0 Å². The molecule has 0 heterocycles. The van der Waals surface area contributed by atoms with Gasteiger partial charge in [0, 0.05) is 11.6 Å². The van der Waals surface area contributed by atoms with Crippen LogP contribution in [0.4, 0.5) is 4.79 Å². The fourth-order valence-corrected chi connectivity index (χ4v) is 3.12. The zero-order valence-corrected chi connectivity index (χ0v) is 9.20. The number of carbonyl (C=O) groups excluding carboxylic acids is 1. The maximum Gasteiger partial charge on any atom is 0.332 e. The number of nitrogens with two attached hydrogens (primary N) is 1. The number of hydrogen-bond acceptors (Lipinski definition) is 2. The summed E-state index contributed by atoms with van der Waals surface area (Å²) in [6, 6.07) is -0.574. The summed E-state index contributed by atoms with van der Waals surface area (Å²) in [5.74, 6) is 2.25. The number of hydrazone groups is 1. The highest BCUT2D eigenvalue weighted by Crippen LogP contribution is 2.45. The van der Waals surface area contributed by atoms with E-state index in [2.05, 4.69) is 10.5 Å². The zero-order valence-electron chi connectivity index (χ0n) is 9.20. The topological polar surface area (TPSA) is 67.5 Å². The van der Waals surface area contributed by atoms with Crippen molar-refractivity contribution < 1.29 is 4.79 Å². The molecule has 0 saturated heterocycles. The van der Waals surface area contributed by atoms with Crippen LogP contribution in [-0.2, 0) is 0 Å². The second-order valence-corrected chi connectivity index (χ2v) is 4.85. The molecule has 0 aromatic heterocycles. The van der Waals surface area contributed by atoms with Crippen LogP contribution < -0.4 is 11.2 Å². The van der Waals surface area contributed by atoms with E-state index in [-0.39, 0.29) is 0 Å². The molecule has 0 aromatic carbocycles. The summed E-state index contributed by atoms with van der Waals surface area (Å²) < 4.78 is 0. The minimum atomic E-state index is -0.574. The molecule has 3 rings (SSSR count). The number of fused-ring (bicyclic) bond motifs is 3. The van der Waals surface area contributed by atoms with Crippen LogP contribution in [0.1, 0.15) is 39.0 Å². The monoisotopic (exact) mass is 209 g/mol. The molecule has 0 radical (unpaired) electrons. The standard InChI is InChI=1S/C11H19N3O/c1-7(13-14-11(12)15)10-6-8-2-4-9(10)5-3-8/h8-10H,2-6H2,1H3,(H3,12,14,15). The summed E-state index contributed by atoms with van der Waals surface area (Å²) in [6.45, 7) is 2.00. The van der Waals surface area contributed by atoms with Gasteiger partial charge in [-0.05, 0) is 38.0 Å². The number of primary amides is 1. The summed E-state index contributed by atoms with van der Waals surface area (Å²) in [5.41, 5.74) is 8.36. The van der Waals surface area contributed by atoms with Gasteiger partial charge in [-0.15, -0.1) is 0 Å². The van der Waals surface area contributed by atoms with E-state index in [9.17, 15) is 4.79 Å². The number of nitrogens with zero attached hydrogens (tertiary/aromatic N) is 1. The largest absolute Gasteiger partial charge is 0.350 e. The molecule has 15 heavy (non-hydrogen) atoms. The summed E-state index contributed by atoms with van der Waals surface area (Å²) in [7, 11) is 0. The first-order valence-corrected chi connectivity index (χ1v) is 5.76. The highest BCUT2D eigenvalue weighted by Gasteiger charge is 2.36. The molecule has 1 unspecified atom stereocenters. The van der Waals surface area contributed by atoms with Gasteiger partial charge in [0.2, 0.25) is 0 Å². The van der Waals surface area contributed by atoms with Gasteiger partial charge in [-0.25, -0.2) is 10.2 Å². The van der Waals surface area contributed by atoms with E-state index in [0.29, 0.717) is 5.92 Å². The molecule has 3 N–H and O–H groups in total. The van der Waals surface area contributed by atoms with Crippen LogP contribution in [0, 0.1) is 17.8 Å². The second-order valence-electron chi connectivity index (χ2n) is 4.85. The molecule has 0 aromatic rings. The molecule has 2 bridgehead atoms. The van der Waals surface area contributed by atoms with E-state index in [0.717, 1.165) is 17.5 Å². The first kappa shape index (κ1) is 10.5. The lowest BCUT2D eigenvalue weighted by Gasteiger charge is -2.42. The van der Waals surface area contributed by atoms with Gasteiger partial charge in [-0.1, -0.05) is 12.8 Å². The van der Waals surface area contributed by atoms with Crippen molar-refractivity contribution in [3.05, 3.63) is 0 Å². The number of urea groups is 1. The summed E-state index contributed by atoms with van der Waals surface area (Å²) >= 11 is 0. The van der Waals surface area contributed by atoms with E-state index in [4.69, 9.17) is 5.73 Å². The lowest BCUT2D eigenvalue weighted by atomic mass is 9.63. The van der Waals surface area contributed by atoms with E-state index in [1.165, 1.54) is 32.1 Å². The molecule has 3 fully saturated rings. The average Bonchev–Trinajstić information content (AvgIpc) is 2.27. The lowest BCUT2D eigenvalue weighted by Crippen LogP contribution is -2.36. The van der Waals surface area contributed by atoms with Crippen LogP contribution in [0.25, 0.3) is 0 Å². The van der Waals surface area contributed by atoms with Gasteiger partial charge in [0.15, 0.2) is 0 Å². The first-order chi connectivity index (χ1) is 7.16.